The molecule has 1 aliphatic rings. The third-order valence-corrected chi connectivity index (χ3v) is 6.33. The zero-order chi connectivity index (χ0) is 20.5. The first-order valence-electron chi connectivity index (χ1n) is 8.76. The molecule has 1 heterocycles. The van der Waals surface area contributed by atoms with E-state index >= 15 is 0 Å². The Hall–Kier alpha value is -2.93. The Kier molecular flexibility index (Phi) is 5.12. The van der Waals surface area contributed by atoms with Crippen LogP contribution in [0.4, 0.5) is 4.79 Å². The molecule has 2 aromatic rings. The van der Waals surface area contributed by atoms with Crippen LogP contribution in [-0.2, 0) is 14.6 Å². The SMILES string of the molecule is CN1C(=O)NC(c2ccccc2)C1(C)C(=O)/C=C/c1ccc(S(C)(=O)=O)cc1. The third-order valence-electron chi connectivity index (χ3n) is 5.20. The van der Waals surface area contributed by atoms with Crippen LogP contribution in [0.15, 0.2) is 65.6 Å². The van der Waals surface area contributed by atoms with Gasteiger partial charge in [-0.15, -0.1) is 0 Å². The molecule has 1 N–H and O–H groups in total. The second kappa shape index (κ2) is 7.24. The first kappa shape index (κ1) is 19.8. The quantitative estimate of drug-likeness (QED) is 0.785. The summed E-state index contributed by atoms with van der Waals surface area (Å²) in [6.07, 6.45) is 4.20. The van der Waals surface area contributed by atoms with Gasteiger partial charge < -0.3 is 10.2 Å². The van der Waals surface area contributed by atoms with Crippen LogP contribution in [0.5, 0.6) is 0 Å². The highest BCUT2D eigenvalue weighted by atomic mass is 32.2. The van der Waals surface area contributed by atoms with Crippen molar-refractivity contribution in [2.75, 3.05) is 13.3 Å². The lowest BCUT2D eigenvalue weighted by Gasteiger charge is -2.33. The van der Waals surface area contributed by atoms with Crippen LogP contribution in [0.25, 0.3) is 6.08 Å². The van der Waals surface area contributed by atoms with Crippen LogP contribution in [0.1, 0.15) is 24.1 Å². The molecule has 0 saturated carbocycles. The zero-order valence-corrected chi connectivity index (χ0v) is 16.7. The summed E-state index contributed by atoms with van der Waals surface area (Å²) < 4.78 is 23.1. The molecule has 146 valence electrons. The lowest BCUT2D eigenvalue weighted by molar-refractivity contribution is -0.123. The number of carbonyl (C=O) groups is 2. The number of carbonyl (C=O) groups excluding carboxylic acids is 2. The first-order valence-corrected chi connectivity index (χ1v) is 10.6. The number of ketones is 1. The number of amides is 2. The number of likely N-dealkylation sites (N-methyl/N-ethyl adjacent to an activating group) is 1. The van der Waals surface area contributed by atoms with Crippen molar-refractivity contribution in [3.8, 4) is 0 Å². The predicted molar refractivity (Wildman–Crippen MR) is 107 cm³/mol. The molecule has 2 amide bonds. The molecule has 1 saturated heterocycles. The molecule has 0 aromatic heterocycles. The van der Waals surface area contributed by atoms with E-state index in [0.29, 0.717) is 5.56 Å². The van der Waals surface area contributed by atoms with Crippen LogP contribution in [0.3, 0.4) is 0 Å². The predicted octanol–water partition coefficient (Wildman–Crippen LogP) is 2.83. The topological polar surface area (TPSA) is 83.6 Å². The van der Waals surface area contributed by atoms with Gasteiger partial charge in [0.05, 0.1) is 10.9 Å². The summed E-state index contributed by atoms with van der Waals surface area (Å²) in [5.74, 6) is -0.227. The molecule has 7 heteroatoms. The van der Waals surface area contributed by atoms with E-state index in [0.717, 1.165) is 11.8 Å². The smallest absolute Gasteiger partial charge is 0.318 e. The molecule has 3 rings (SSSR count). The van der Waals surface area contributed by atoms with Gasteiger partial charge in [-0.2, -0.15) is 0 Å². The second-order valence-electron chi connectivity index (χ2n) is 7.04. The fourth-order valence-corrected chi connectivity index (χ4v) is 3.92. The van der Waals surface area contributed by atoms with Crippen molar-refractivity contribution in [3.63, 3.8) is 0 Å². The van der Waals surface area contributed by atoms with Crippen LogP contribution in [-0.4, -0.2) is 44.0 Å². The molecule has 6 nitrogen and oxygen atoms in total. The maximum absolute atomic E-state index is 13.1. The number of nitrogens with one attached hydrogen (secondary N) is 1. The summed E-state index contributed by atoms with van der Waals surface area (Å²) in [5.41, 5.74) is 0.462. The fraction of sp³-hybridized carbons (Fsp3) is 0.238. The molecule has 28 heavy (non-hydrogen) atoms. The van der Waals surface area contributed by atoms with Crippen molar-refractivity contribution < 1.29 is 18.0 Å². The average molecular weight is 398 g/mol. The summed E-state index contributed by atoms with van der Waals surface area (Å²) in [7, 11) is -1.67. The van der Waals surface area contributed by atoms with Crippen LogP contribution < -0.4 is 5.32 Å². The molecule has 0 spiro atoms. The van der Waals surface area contributed by atoms with E-state index in [1.54, 1.807) is 32.2 Å². The lowest BCUT2D eigenvalue weighted by Crippen LogP contribution is -2.49. The normalized spacial score (nSPS) is 22.5. The highest BCUT2D eigenvalue weighted by Crippen LogP contribution is 2.37. The average Bonchev–Trinajstić information content (AvgIpc) is 2.91. The number of sulfone groups is 1. The van der Waals surface area contributed by atoms with Gasteiger partial charge in [0, 0.05) is 13.3 Å². The van der Waals surface area contributed by atoms with Crippen molar-refractivity contribution in [1.82, 2.24) is 10.2 Å². The molecule has 2 atom stereocenters. The van der Waals surface area contributed by atoms with Gasteiger partial charge in [-0.3, -0.25) is 4.79 Å². The van der Waals surface area contributed by atoms with Gasteiger partial charge in [0.15, 0.2) is 15.6 Å². The van der Waals surface area contributed by atoms with E-state index in [9.17, 15) is 18.0 Å². The van der Waals surface area contributed by atoms with Crippen LogP contribution in [0.2, 0.25) is 0 Å². The maximum Gasteiger partial charge on any atom is 0.318 e. The highest BCUT2D eigenvalue weighted by Gasteiger charge is 2.52. The van der Waals surface area contributed by atoms with Gasteiger partial charge in [-0.1, -0.05) is 48.5 Å². The molecular formula is C21H22N2O4S. The number of nitrogens with zero attached hydrogens (tertiary/aromatic N) is 1. The van der Waals surface area contributed by atoms with Gasteiger partial charge in [0.2, 0.25) is 0 Å². The lowest BCUT2D eigenvalue weighted by atomic mass is 9.83. The number of benzene rings is 2. The van der Waals surface area contributed by atoms with Gasteiger partial charge in [0.25, 0.3) is 0 Å². The van der Waals surface area contributed by atoms with Crippen molar-refractivity contribution in [1.29, 1.82) is 0 Å². The molecule has 0 bridgehead atoms. The van der Waals surface area contributed by atoms with Crippen molar-refractivity contribution in [2.45, 2.75) is 23.4 Å². The maximum atomic E-state index is 13.1. The van der Waals surface area contributed by atoms with Crippen molar-refractivity contribution >= 4 is 27.7 Å². The van der Waals surface area contributed by atoms with E-state index in [4.69, 9.17) is 0 Å². The largest absolute Gasteiger partial charge is 0.328 e. The summed E-state index contributed by atoms with van der Waals surface area (Å²) in [5, 5.41) is 2.88. The molecule has 2 unspecified atom stereocenters. The van der Waals surface area contributed by atoms with E-state index in [1.807, 2.05) is 30.3 Å². The summed E-state index contributed by atoms with van der Waals surface area (Å²) in [6, 6.07) is 14.9. The fourth-order valence-electron chi connectivity index (χ4n) is 3.29. The summed E-state index contributed by atoms with van der Waals surface area (Å²) >= 11 is 0. The molecule has 1 aliphatic heterocycles. The van der Waals surface area contributed by atoms with Crippen molar-refractivity contribution in [3.05, 3.63) is 71.8 Å². The minimum atomic E-state index is -3.27. The van der Waals surface area contributed by atoms with Crippen LogP contribution >= 0.6 is 0 Å². The molecule has 0 aliphatic carbocycles. The Morgan fingerprint density at radius 2 is 1.71 bits per heavy atom. The van der Waals surface area contributed by atoms with Gasteiger partial charge >= 0.3 is 6.03 Å². The number of rotatable bonds is 5. The van der Waals surface area contributed by atoms with E-state index in [1.165, 1.54) is 23.1 Å². The monoisotopic (exact) mass is 398 g/mol. The minimum absolute atomic E-state index is 0.220. The standard InChI is InChI=1S/C21H22N2O4S/c1-21(19(22-20(25)23(21)2)16-7-5-4-6-8-16)18(24)14-11-15-9-12-17(13-10-15)28(3,26)27/h4-14,19H,1-3H3,(H,22,25)/b14-11+. The van der Waals surface area contributed by atoms with E-state index in [2.05, 4.69) is 5.32 Å². The summed E-state index contributed by atoms with van der Waals surface area (Å²) in [6.45, 7) is 1.74. The van der Waals surface area contributed by atoms with Gasteiger partial charge in [-0.05, 0) is 36.3 Å². The molecule has 2 aromatic carbocycles. The van der Waals surface area contributed by atoms with E-state index < -0.39 is 21.4 Å². The molecule has 1 fully saturated rings. The zero-order valence-electron chi connectivity index (χ0n) is 15.9. The van der Waals surface area contributed by atoms with Crippen molar-refractivity contribution in [2.24, 2.45) is 0 Å². The molecule has 0 radical (unpaired) electrons. The Balaban J connectivity index is 1.88. The number of urea groups is 1. The number of hydrogen-bond donors (Lipinski definition) is 1. The Labute approximate surface area is 164 Å². The Bertz CT molecular complexity index is 1030. The van der Waals surface area contributed by atoms with Gasteiger partial charge in [0.1, 0.15) is 5.54 Å². The minimum Gasteiger partial charge on any atom is -0.328 e. The van der Waals surface area contributed by atoms with Crippen LogP contribution in [0, 0.1) is 0 Å². The summed E-state index contributed by atoms with van der Waals surface area (Å²) in [4.78, 5) is 27.0. The number of hydrogen-bond acceptors (Lipinski definition) is 4. The first-order chi connectivity index (χ1) is 13.1. The molecular weight excluding hydrogens is 376 g/mol. The highest BCUT2D eigenvalue weighted by molar-refractivity contribution is 7.90. The Morgan fingerprint density at radius 1 is 1.11 bits per heavy atom. The second-order valence-corrected chi connectivity index (χ2v) is 9.05. The van der Waals surface area contributed by atoms with Gasteiger partial charge in [-0.25, -0.2) is 13.2 Å². The Morgan fingerprint density at radius 3 is 2.29 bits per heavy atom. The third kappa shape index (κ3) is 3.57. The van der Waals surface area contributed by atoms with E-state index in [-0.39, 0.29) is 16.7 Å².